The van der Waals surface area contributed by atoms with E-state index in [0.29, 0.717) is 0 Å². The fraction of sp³-hybridized carbons (Fsp3) is 0.833. The number of carbonyl (C=O) groups is 1. The zero-order valence-electron chi connectivity index (χ0n) is 6.11. The highest BCUT2D eigenvalue weighted by Crippen LogP contribution is 2.02. The summed E-state index contributed by atoms with van der Waals surface area (Å²) in [6.45, 7) is 1.51. The lowest BCUT2D eigenvalue weighted by molar-refractivity contribution is -0.119. The minimum Gasteiger partial charge on any atom is -0.352 e. The van der Waals surface area contributed by atoms with E-state index in [9.17, 15) is 13.6 Å². The van der Waals surface area contributed by atoms with E-state index in [4.69, 9.17) is 11.6 Å². The summed E-state index contributed by atoms with van der Waals surface area (Å²) in [5, 5.41) is 2.31. The number of hydrogen-bond acceptors (Lipinski definition) is 1. The molecule has 1 unspecified atom stereocenters. The molecule has 0 aliphatic carbocycles. The number of halogens is 3. The summed E-state index contributed by atoms with van der Waals surface area (Å²) >= 11 is 5.13. The molecule has 11 heavy (non-hydrogen) atoms. The monoisotopic (exact) mass is 185 g/mol. The van der Waals surface area contributed by atoms with Crippen molar-refractivity contribution in [3.05, 3.63) is 0 Å². The summed E-state index contributed by atoms with van der Waals surface area (Å²) in [6.07, 6.45) is -2.72. The third-order valence-electron chi connectivity index (χ3n) is 1.06. The van der Waals surface area contributed by atoms with Gasteiger partial charge in [0.25, 0.3) is 0 Å². The molecular weight excluding hydrogens is 176 g/mol. The maximum absolute atomic E-state index is 11.7. The first kappa shape index (κ1) is 10.6. The average Bonchev–Trinajstić information content (AvgIpc) is 1.85. The molecule has 1 atom stereocenters. The molecular formula is C6H10ClF2NO. The van der Waals surface area contributed by atoms with Crippen LogP contribution in [-0.4, -0.2) is 24.3 Å². The molecule has 0 aromatic rings. The average molecular weight is 186 g/mol. The van der Waals surface area contributed by atoms with E-state index in [1.807, 2.05) is 0 Å². The van der Waals surface area contributed by atoms with Crippen LogP contribution in [0.2, 0.25) is 0 Å². The fourth-order valence-corrected chi connectivity index (χ4v) is 0.717. The maximum atomic E-state index is 11.7. The number of rotatable bonds is 4. The van der Waals surface area contributed by atoms with Crippen LogP contribution in [0.15, 0.2) is 0 Å². The zero-order valence-corrected chi connectivity index (χ0v) is 6.87. The van der Waals surface area contributed by atoms with Gasteiger partial charge in [0.15, 0.2) is 0 Å². The van der Waals surface area contributed by atoms with E-state index >= 15 is 0 Å². The number of amides is 1. The number of carbonyl (C=O) groups excluding carboxylic acids is 1. The van der Waals surface area contributed by atoms with Crippen LogP contribution in [0, 0.1) is 0 Å². The standard InChI is InChI=1S/C6H10ClF2NO/c1-4(2-5(8)9)10-6(11)3-7/h4-5H,2-3H2,1H3,(H,10,11). The van der Waals surface area contributed by atoms with E-state index in [1.54, 1.807) is 0 Å². The van der Waals surface area contributed by atoms with Crippen molar-refractivity contribution in [1.82, 2.24) is 5.32 Å². The molecule has 0 heterocycles. The van der Waals surface area contributed by atoms with E-state index in [1.165, 1.54) is 6.92 Å². The van der Waals surface area contributed by atoms with Gasteiger partial charge < -0.3 is 5.32 Å². The van der Waals surface area contributed by atoms with E-state index in [0.717, 1.165) is 0 Å². The summed E-state index contributed by atoms with van der Waals surface area (Å²) in [6, 6.07) is -0.513. The second-order valence-electron chi connectivity index (χ2n) is 2.23. The van der Waals surface area contributed by atoms with Crippen molar-refractivity contribution in [2.75, 3.05) is 5.88 Å². The zero-order chi connectivity index (χ0) is 8.85. The first-order chi connectivity index (χ1) is 5.06. The fourth-order valence-electron chi connectivity index (χ4n) is 0.640. The largest absolute Gasteiger partial charge is 0.352 e. The van der Waals surface area contributed by atoms with Gasteiger partial charge in [0.2, 0.25) is 12.3 Å². The summed E-state index contributed by atoms with van der Waals surface area (Å²) in [4.78, 5) is 10.5. The lowest BCUT2D eigenvalue weighted by Gasteiger charge is -2.11. The molecule has 0 fully saturated rings. The first-order valence-corrected chi connectivity index (χ1v) is 3.73. The third kappa shape index (κ3) is 6.04. The van der Waals surface area contributed by atoms with Crippen molar-refractivity contribution in [3.63, 3.8) is 0 Å². The molecule has 0 spiro atoms. The Kier molecular flexibility index (Phi) is 5.11. The van der Waals surface area contributed by atoms with Gasteiger partial charge >= 0.3 is 0 Å². The molecule has 0 saturated heterocycles. The van der Waals surface area contributed by atoms with Crippen molar-refractivity contribution < 1.29 is 13.6 Å². The Morgan fingerprint density at radius 1 is 1.64 bits per heavy atom. The summed E-state index contributed by atoms with van der Waals surface area (Å²) in [7, 11) is 0. The highest BCUT2D eigenvalue weighted by molar-refractivity contribution is 6.27. The smallest absolute Gasteiger partial charge is 0.240 e. The molecule has 66 valence electrons. The second kappa shape index (κ2) is 5.29. The SMILES string of the molecule is CC(CC(F)F)NC(=O)CCl. The highest BCUT2D eigenvalue weighted by atomic mass is 35.5. The molecule has 0 aliphatic rings. The van der Waals surface area contributed by atoms with E-state index in [-0.39, 0.29) is 12.3 Å². The quantitative estimate of drug-likeness (QED) is 0.659. The topological polar surface area (TPSA) is 29.1 Å². The second-order valence-corrected chi connectivity index (χ2v) is 2.50. The van der Waals surface area contributed by atoms with Crippen LogP contribution in [0.25, 0.3) is 0 Å². The van der Waals surface area contributed by atoms with Crippen LogP contribution < -0.4 is 5.32 Å². The highest BCUT2D eigenvalue weighted by Gasteiger charge is 2.11. The maximum Gasteiger partial charge on any atom is 0.240 e. The third-order valence-corrected chi connectivity index (χ3v) is 1.30. The summed E-state index contributed by atoms with van der Waals surface area (Å²) in [5.74, 6) is -0.604. The Balaban J connectivity index is 3.51. The van der Waals surface area contributed by atoms with Crippen LogP contribution in [0.5, 0.6) is 0 Å². The van der Waals surface area contributed by atoms with Gasteiger partial charge in [-0.15, -0.1) is 11.6 Å². The van der Waals surface area contributed by atoms with Gasteiger partial charge in [-0.3, -0.25) is 4.79 Å². The summed E-state index contributed by atoms with van der Waals surface area (Å²) in [5.41, 5.74) is 0. The number of nitrogens with one attached hydrogen (secondary N) is 1. The van der Waals surface area contributed by atoms with Crippen LogP contribution in [-0.2, 0) is 4.79 Å². The minimum absolute atomic E-state index is 0.187. The van der Waals surface area contributed by atoms with Gasteiger partial charge in [0.1, 0.15) is 5.88 Å². The Morgan fingerprint density at radius 2 is 2.18 bits per heavy atom. The molecule has 0 rings (SSSR count). The van der Waals surface area contributed by atoms with Crippen molar-refractivity contribution in [2.24, 2.45) is 0 Å². The first-order valence-electron chi connectivity index (χ1n) is 3.19. The van der Waals surface area contributed by atoms with Gasteiger partial charge in [-0.1, -0.05) is 0 Å². The number of hydrogen-bond donors (Lipinski definition) is 1. The van der Waals surface area contributed by atoms with Crippen molar-refractivity contribution in [3.8, 4) is 0 Å². The van der Waals surface area contributed by atoms with Crippen LogP contribution in [0.1, 0.15) is 13.3 Å². The molecule has 0 aromatic heterocycles. The van der Waals surface area contributed by atoms with E-state index < -0.39 is 18.4 Å². The Labute approximate surface area is 68.9 Å². The number of alkyl halides is 3. The van der Waals surface area contributed by atoms with Crippen molar-refractivity contribution in [2.45, 2.75) is 25.8 Å². The van der Waals surface area contributed by atoms with Gasteiger partial charge in [0, 0.05) is 12.5 Å². The Morgan fingerprint density at radius 3 is 2.55 bits per heavy atom. The molecule has 1 amide bonds. The predicted octanol–water partition coefficient (Wildman–Crippen LogP) is 1.39. The molecule has 2 nitrogen and oxygen atoms in total. The van der Waals surface area contributed by atoms with Crippen molar-refractivity contribution in [1.29, 1.82) is 0 Å². The Hall–Kier alpha value is -0.380. The molecule has 0 saturated carbocycles. The van der Waals surface area contributed by atoms with Crippen LogP contribution in [0.3, 0.4) is 0 Å². The van der Waals surface area contributed by atoms with Gasteiger partial charge in [-0.2, -0.15) is 0 Å². The van der Waals surface area contributed by atoms with Gasteiger partial charge in [-0.05, 0) is 6.92 Å². The van der Waals surface area contributed by atoms with Gasteiger partial charge in [0.05, 0.1) is 0 Å². The normalized spacial score (nSPS) is 13.2. The molecule has 0 aliphatic heterocycles. The van der Waals surface area contributed by atoms with Gasteiger partial charge in [-0.25, -0.2) is 8.78 Å². The lowest BCUT2D eigenvalue weighted by atomic mass is 10.2. The lowest BCUT2D eigenvalue weighted by Crippen LogP contribution is -2.34. The molecule has 5 heteroatoms. The van der Waals surface area contributed by atoms with Crippen LogP contribution in [0.4, 0.5) is 8.78 Å². The minimum atomic E-state index is -2.39. The molecule has 0 aromatic carbocycles. The van der Waals surface area contributed by atoms with E-state index in [2.05, 4.69) is 5.32 Å². The molecule has 1 N–H and O–H groups in total. The van der Waals surface area contributed by atoms with Crippen molar-refractivity contribution >= 4 is 17.5 Å². The molecule has 0 bridgehead atoms. The predicted molar refractivity (Wildman–Crippen MR) is 38.9 cm³/mol. The molecule has 0 radical (unpaired) electrons. The Bertz CT molecular complexity index is 132. The van der Waals surface area contributed by atoms with Crippen LogP contribution >= 0.6 is 11.6 Å². The summed E-state index contributed by atoms with van der Waals surface area (Å²) < 4.78 is 23.3.